The monoisotopic (exact) mass is 510 g/mol. The fraction of sp³-hybridized carbons (Fsp3) is 0.250. The van der Waals surface area contributed by atoms with Crippen LogP contribution in [0, 0.1) is 3.57 Å². The molecule has 0 fully saturated rings. The first-order chi connectivity index (χ1) is 13.5. The van der Waals surface area contributed by atoms with Crippen LogP contribution in [0.25, 0.3) is 0 Å². The van der Waals surface area contributed by atoms with Crippen LogP contribution < -0.4 is 4.72 Å². The predicted octanol–water partition coefficient (Wildman–Crippen LogP) is 3.21. The molecule has 1 aromatic heterocycles. The molecule has 0 amide bonds. The van der Waals surface area contributed by atoms with Gasteiger partial charge in [0.15, 0.2) is 0 Å². The van der Waals surface area contributed by atoms with Crippen LogP contribution in [0.15, 0.2) is 60.9 Å². The van der Waals surface area contributed by atoms with Crippen LogP contribution in [0.4, 0.5) is 5.69 Å². The van der Waals surface area contributed by atoms with E-state index in [4.69, 9.17) is 0 Å². The Kier molecular flexibility index (Phi) is 7.46. The molecule has 0 unspecified atom stereocenters. The first-order valence-electron chi connectivity index (χ1n) is 8.92. The Labute approximate surface area is 180 Å². The molecule has 1 heterocycles. The molecular formula is C20H23IN4O2S. The third-order valence-corrected chi connectivity index (χ3v) is 5.66. The molecule has 0 saturated heterocycles. The Morgan fingerprint density at radius 1 is 1.04 bits per heavy atom. The van der Waals surface area contributed by atoms with Crippen LogP contribution in [0.1, 0.15) is 17.0 Å². The highest BCUT2D eigenvalue weighted by Crippen LogP contribution is 2.14. The third kappa shape index (κ3) is 6.32. The van der Waals surface area contributed by atoms with Crippen molar-refractivity contribution in [1.29, 1.82) is 0 Å². The zero-order valence-electron chi connectivity index (χ0n) is 15.6. The average Bonchev–Trinajstić information content (AvgIpc) is 3.07. The molecule has 1 N–H and O–H groups in total. The van der Waals surface area contributed by atoms with Crippen molar-refractivity contribution in [3.05, 3.63) is 81.4 Å². The highest BCUT2D eigenvalue weighted by molar-refractivity contribution is 14.1. The minimum absolute atomic E-state index is 0.587. The third-order valence-electron chi connectivity index (χ3n) is 4.50. The molecule has 0 spiro atoms. The smallest absolute Gasteiger partial charge is 0.222 e. The second kappa shape index (κ2) is 10.0. The number of hydrogen-bond donors (Lipinski definition) is 2. The van der Waals surface area contributed by atoms with Gasteiger partial charge in [-0.25, -0.2) is 13.4 Å². The van der Waals surface area contributed by atoms with Gasteiger partial charge in [-0.15, -0.1) is 0 Å². The van der Waals surface area contributed by atoms with Gasteiger partial charge in [-0.3, -0.25) is 9.62 Å². The Hall–Kier alpha value is -1.91. The lowest BCUT2D eigenvalue weighted by atomic mass is 10.1. The van der Waals surface area contributed by atoms with Crippen LogP contribution in [-0.4, -0.2) is 29.4 Å². The fourth-order valence-electron chi connectivity index (χ4n) is 2.95. The summed E-state index contributed by atoms with van der Waals surface area (Å²) < 4.78 is 27.2. The second-order valence-electron chi connectivity index (χ2n) is 6.61. The predicted molar refractivity (Wildman–Crippen MR) is 121 cm³/mol. The van der Waals surface area contributed by atoms with E-state index in [1.54, 1.807) is 12.1 Å². The number of aromatic nitrogens is 2. The maximum absolute atomic E-state index is 10.8. The van der Waals surface area contributed by atoms with Crippen LogP contribution in [-0.2, 0) is 37.4 Å². The maximum Gasteiger partial charge on any atom is 0.222 e. The van der Waals surface area contributed by atoms with E-state index in [0.717, 1.165) is 31.9 Å². The van der Waals surface area contributed by atoms with Crippen molar-refractivity contribution in [1.82, 2.24) is 14.5 Å². The van der Waals surface area contributed by atoms with Crippen LogP contribution >= 0.6 is 22.6 Å². The molecule has 0 aliphatic heterocycles. The highest BCUT2D eigenvalue weighted by Gasteiger charge is 2.11. The molecule has 8 heteroatoms. The standard InChI is InChI=1S/C20H23IN4O2S/c1-24-13-11-22-20(24)15-25(14-17-2-6-18(21)7-3-17)12-10-16-4-8-19(9-5-16)23-28(26)27/h2-9,11,13,28H,10,12,14-15H2,1H3,(H,23,26,27). The number of imidazole rings is 1. The van der Waals surface area contributed by atoms with Crippen molar-refractivity contribution < 1.29 is 8.42 Å². The first kappa shape index (κ1) is 20.8. The van der Waals surface area contributed by atoms with Gasteiger partial charge in [-0.05, 0) is 64.4 Å². The van der Waals surface area contributed by atoms with Crippen molar-refractivity contribution in [3.8, 4) is 0 Å². The summed E-state index contributed by atoms with van der Waals surface area (Å²) in [5, 5.41) is 0. The SMILES string of the molecule is Cn1ccnc1CN(CCc1ccc(N[SH](=O)=O)cc1)Cc1ccc(I)cc1. The minimum Gasteiger partial charge on any atom is -0.337 e. The molecule has 0 aliphatic rings. The van der Waals surface area contributed by atoms with Crippen LogP contribution in [0.2, 0.25) is 0 Å². The van der Waals surface area contributed by atoms with Gasteiger partial charge in [-0.1, -0.05) is 24.3 Å². The Morgan fingerprint density at radius 3 is 2.32 bits per heavy atom. The number of halogens is 1. The van der Waals surface area contributed by atoms with Gasteiger partial charge in [0, 0.05) is 41.8 Å². The maximum atomic E-state index is 10.8. The Morgan fingerprint density at radius 2 is 1.71 bits per heavy atom. The summed E-state index contributed by atoms with van der Waals surface area (Å²) in [5.74, 6) is 1.03. The molecular weight excluding hydrogens is 487 g/mol. The number of hydrogen-bond acceptors (Lipinski definition) is 4. The lowest BCUT2D eigenvalue weighted by Crippen LogP contribution is -2.26. The molecule has 0 radical (unpaired) electrons. The van der Waals surface area contributed by atoms with Gasteiger partial charge in [0.1, 0.15) is 5.82 Å². The van der Waals surface area contributed by atoms with E-state index < -0.39 is 10.9 Å². The van der Waals surface area contributed by atoms with E-state index in [2.05, 4.69) is 61.5 Å². The fourth-order valence-corrected chi connectivity index (χ4v) is 3.67. The molecule has 6 nitrogen and oxygen atoms in total. The number of aryl methyl sites for hydroxylation is 1. The largest absolute Gasteiger partial charge is 0.337 e. The van der Waals surface area contributed by atoms with Crippen molar-refractivity contribution >= 4 is 39.2 Å². The molecule has 0 bridgehead atoms. The number of rotatable bonds is 9. The Bertz CT molecular complexity index is 961. The summed E-state index contributed by atoms with van der Waals surface area (Å²) in [6.45, 7) is 2.49. The number of nitrogens with zero attached hydrogens (tertiary/aromatic N) is 3. The van der Waals surface area contributed by atoms with Gasteiger partial charge in [0.25, 0.3) is 0 Å². The number of benzene rings is 2. The molecule has 2 aromatic carbocycles. The number of anilines is 1. The summed E-state index contributed by atoms with van der Waals surface area (Å²) in [4.78, 5) is 6.84. The van der Waals surface area contributed by atoms with Gasteiger partial charge in [0.05, 0.1) is 6.54 Å². The zero-order chi connectivity index (χ0) is 19.9. The summed E-state index contributed by atoms with van der Waals surface area (Å²) in [6, 6.07) is 16.1. The number of nitrogens with one attached hydrogen (secondary N) is 1. The molecule has 0 saturated carbocycles. The topological polar surface area (TPSA) is 67.2 Å². The van der Waals surface area contributed by atoms with Crippen LogP contribution in [0.5, 0.6) is 0 Å². The van der Waals surface area contributed by atoms with E-state index in [0.29, 0.717) is 5.69 Å². The average molecular weight is 510 g/mol. The van der Waals surface area contributed by atoms with E-state index in [-0.39, 0.29) is 0 Å². The molecule has 0 atom stereocenters. The molecule has 28 heavy (non-hydrogen) atoms. The van der Waals surface area contributed by atoms with E-state index in [1.165, 1.54) is 14.7 Å². The van der Waals surface area contributed by atoms with Crippen molar-refractivity contribution in [2.45, 2.75) is 19.5 Å². The second-order valence-corrected chi connectivity index (χ2v) is 8.59. The van der Waals surface area contributed by atoms with Crippen molar-refractivity contribution in [2.24, 2.45) is 7.05 Å². The van der Waals surface area contributed by atoms with Gasteiger partial charge in [0.2, 0.25) is 10.9 Å². The molecule has 0 aliphatic carbocycles. The summed E-state index contributed by atoms with van der Waals surface area (Å²) in [7, 11) is -0.618. The zero-order valence-corrected chi connectivity index (χ0v) is 18.6. The summed E-state index contributed by atoms with van der Waals surface area (Å²) in [6.07, 6.45) is 4.66. The van der Waals surface area contributed by atoms with E-state index in [9.17, 15) is 8.42 Å². The molecule has 3 rings (SSSR count). The van der Waals surface area contributed by atoms with Gasteiger partial charge in [-0.2, -0.15) is 0 Å². The first-order valence-corrected chi connectivity index (χ1v) is 11.2. The summed E-state index contributed by atoms with van der Waals surface area (Å²) in [5.41, 5.74) is 3.02. The molecule has 3 aromatic rings. The summed E-state index contributed by atoms with van der Waals surface area (Å²) >= 11 is 2.32. The number of thiol groups is 1. The quantitative estimate of drug-likeness (QED) is 0.343. The Balaban J connectivity index is 1.67. The highest BCUT2D eigenvalue weighted by atomic mass is 127. The van der Waals surface area contributed by atoms with Crippen LogP contribution in [0.3, 0.4) is 0 Å². The van der Waals surface area contributed by atoms with E-state index >= 15 is 0 Å². The van der Waals surface area contributed by atoms with Gasteiger partial charge < -0.3 is 4.57 Å². The minimum atomic E-state index is -2.63. The molecule has 148 valence electrons. The van der Waals surface area contributed by atoms with Crippen molar-refractivity contribution in [2.75, 3.05) is 11.3 Å². The normalized spacial score (nSPS) is 11.3. The van der Waals surface area contributed by atoms with Gasteiger partial charge >= 0.3 is 0 Å². The lowest BCUT2D eigenvalue weighted by molar-refractivity contribution is 0.251. The lowest BCUT2D eigenvalue weighted by Gasteiger charge is -2.22. The van der Waals surface area contributed by atoms with E-state index in [1.807, 2.05) is 36.1 Å². The van der Waals surface area contributed by atoms with Crippen molar-refractivity contribution in [3.63, 3.8) is 0 Å².